The maximum atomic E-state index is 4.82. The molecule has 0 fully saturated rings. The molecule has 1 N–H and O–H groups in total. The van der Waals surface area contributed by atoms with Gasteiger partial charge in [0.15, 0.2) is 0 Å². The maximum absolute atomic E-state index is 4.82. The fourth-order valence-electron chi connectivity index (χ4n) is 2.73. The Hall–Kier alpha value is -0.610. The molecule has 0 saturated carbocycles. The zero-order valence-corrected chi connectivity index (χ0v) is 14.2. The summed E-state index contributed by atoms with van der Waals surface area (Å²) >= 11 is 1.92. The number of thioether (sulfide) groups is 1. The second kappa shape index (κ2) is 6.44. The first-order valence-electron chi connectivity index (χ1n) is 7.53. The molecule has 0 radical (unpaired) electrons. The van der Waals surface area contributed by atoms with Crippen molar-refractivity contribution in [1.82, 2.24) is 15.3 Å². The van der Waals surface area contributed by atoms with Crippen LogP contribution in [0, 0.1) is 12.8 Å². The first-order chi connectivity index (χ1) is 9.39. The average Bonchev–Trinajstić information content (AvgIpc) is 2.37. The molecule has 0 aliphatic heterocycles. The quantitative estimate of drug-likeness (QED) is 0.925. The molecule has 1 heterocycles. The van der Waals surface area contributed by atoms with Crippen molar-refractivity contribution in [1.29, 1.82) is 0 Å². The van der Waals surface area contributed by atoms with E-state index in [2.05, 4.69) is 33.0 Å². The Morgan fingerprint density at radius 2 is 2.05 bits per heavy atom. The van der Waals surface area contributed by atoms with Crippen LogP contribution in [0.15, 0.2) is 0 Å². The highest BCUT2D eigenvalue weighted by Gasteiger charge is 2.22. The van der Waals surface area contributed by atoms with Gasteiger partial charge in [0.2, 0.25) is 0 Å². The minimum atomic E-state index is 0.269. The molecular weight excluding hydrogens is 266 g/mol. The Morgan fingerprint density at radius 1 is 1.30 bits per heavy atom. The molecule has 0 spiro atoms. The van der Waals surface area contributed by atoms with Crippen molar-refractivity contribution in [2.45, 2.75) is 57.5 Å². The minimum absolute atomic E-state index is 0.269. The van der Waals surface area contributed by atoms with Crippen molar-refractivity contribution < 1.29 is 0 Å². The molecule has 1 aliphatic rings. The molecule has 1 unspecified atom stereocenters. The summed E-state index contributed by atoms with van der Waals surface area (Å²) < 4.78 is 0.269. The Balaban J connectivity index is 2.12. The third kappa shape index (κ3) is 4.19. The summed E-state index contributed by atoms with van der Waals surface area (Å²) in [5.41, 5.74) is 3.90. The molecule has 0 saturated heterocycles. The van der Waals surface area contributed by atoms with E-state index in [1.165, 1.54) is 23.4 Å². The van der Waals surface area contributed by atoms with Gasteiger partial charge in [-0.05, 0) is 51.3 Å². The first kappa shape index (κ1) is 15.8. The molecule has 112 valence electrons. The molecule has 0 aromatic carbocycles. The number of nitrogens with zero attached hydrogens (tertiary/aromatic N) is 2. The lowest BCUT2D eigenvalue weighted by atomic mass is 9.86. The molecule has 4 heteroatoms. The van der Waals surface area contributed by atoms with Gasteiger partial charge in [0.05, 0.1) is 5.75 Å². The number of fused-ring (bicyclic) bond motifs is 1. The van der Waals surface area contributed by atoms with Crippen LogP contribution in [0.4, 0.5) is 0 Å². The standard InChI is InChI=1S/C16H27N3S/c1-11-13-8-12(9-17-5)6-7-14(13)19-15(18-11)10-20-16(2,3)4/h12,17H,6-10H2,1-5H3. The lowest BCUT2D eigenvalue weighted by Gasteiger charge is -2.25. The number of rotatable bonds is 4. The van der Waals surface area contributed by atoms with Crippen LogP contribution in [0.25, 0.3) is 0 Å². The largest absolute Gasteiger partial charge is 0.319 e. The predicted molar refractivity (Wildman–Crippen MR) is 87.3 cm³/mol. The number of aromatic nitrogens is 2. The van der Waals surface area contributed by atoms with Gasteiger partial charge in [-0.25, -0.2) is 9.97 Å². The van der Waals surface area contributed by atoms with Gasteiger partial charge in [0.1, 0.15) is 5.82 Å². The fraction of sp³-hybridized carbons (Fsp3) is 0.750. The van der Waals surface area contributed by atoms with Crippen LogP contribution in [0.3, 0.4) is 0 Å². The molecule has 2 rings (SSSR count). The van der Waals surface area contributed by atoms with E-state index in [4.69, 9.17) is 9.97 Å². The van der Waals surface area contributed by atoms with Crippen molar-refractivity contribution in [3.63, 3.8) is 0 Å². The predicted octanol–water partition coefficient (Wildman–Crippen LogP) is 3.14. The zero-order chi connectivity index (χ0) is 14.8. The number of nitrogens with one attached hydrogen (secondary N) is 1. The molecule has 0 amide bonds. The second-order valence-electron chi connectivity index (χ2n) is 6.72. The van der Waals surface area contributed by atoms with Crippen LogP contribution in [-0.2, 0) is 18.6 Å². The van der Waals surface area contributed by atoms with E-state index in [1.807, 2.05) is 18.8 Å². The van der Waals surface area contributed by atoms with Crippen molar-refractivity contribution in [2.24, 2.45) is 5.92 Å². The summed E-state index contributed by atoms with van der Waals surface area (Å²) in [5, 5.41) is 3.29. The third-order valence-corrected chi connectivity index (χ3v) is 5.02. The maximum Gasteiger partial charge on any atom is 0.138 e. The molecule has 1 aromatic heterocycles. The van der Waals surface area contributed by atoms with E-state index in [-0.39, 0.29) is 4.75 Å². The fourth-order valence-corrected chi connectivity index (χ4v) is 3.42. The molecule has 20 heavy (non-hydrogen) atoms. The van der Waals surface area contributed by atoms with Crippen LogP contribution < -0.4 is 5.32 Å². The summed E-state index contributed by atoms with van der Waals surface area (Å²) in [6, 6.07) is 0. The Labute approximate surface area is 127 Å². The van der Waals surface area contributed by atoms with Crippen LogP contribution in [-0.4, -0.2) is 28.3 Å². The van der Waals surface area contributed by atoms with Gasteiger partial charge >= 0.3 is 0 Å². The van der Waals surface area contributed by atoms with Crippen molar-refractivity contribution >= 4 is 11.8 Å². The van der Waals surface area contributed by atoms with Crippen molar-refractivity contribution in [2.75, 3.05) is 13.6 Å². The first-order valence-corrected chi connectivity index (χ1v) is 8.51. The summed E-state index contributed by atoms with van der Waals surface area (Å²) in [7, 11) is 2.03. The molecule has 3 nitrogen and oxygen atoms in total. The van der Waals surface area contributed by atoms with Gasteiger partial charge < -0.3 is 5.32 Å². The van der Waals surface area contributed by atoms with E-state index < -0.39 is 0 Å². The number of aryl methyl sites for hydroxylation is 2. The number of hydrogen-bond donors (Lipinski definition) is 1. The van der Waals surface area contributed by atoms with Gasteiger partial charge in [-0.1, -0.05) is 20.8 Å². The van der Waals surface area contributed by atoms with Crippen molar-refractivity contribution in [3.8, 4) is 0 Å². The lowest BCUT2D eigenvalue weighted by molar-refractivity contribution is 0.432. The van der Waals surface area contributed by atoms with Crippen LogP contribution in [0.1, 0.15) is 50.0 Å². The van der Waals surface area contributed by atoms with Gasteiger partial charge in [0, 0.05) is 16.1 Å². The molecular formula is C16H27N3S. The van der Waals surface area contributed by atoms with E-state index >= 15 is 0 Å². The van der Waals surface area contributed by atoms with Gasteiger partial charge in [-0.3, -0.25) is 0 Å². The number of hydrogen-bond acceptors (Lipinski definition) is 4. The zero-order valence-electron chi connectivity index (χ0n) is 13.4. The van der Waals surface area contributed by atoms with Gasteiger partial charge in [0.25, 0.3) is 0 Å². The molecule has 0 bridgehead atoms. The second-order valence-corrected chi connectivity index (χ2v) is 8.52. The average molecular weight is 293 g/mol. The van der Waals surface area contributed by atoms with Crippen LogP contribution >= 0.6 is 11.8 Å². The van der Waals surface area contributed by atoms with Gasteiger partial charge in [-0.2, -0.15) is 0 Å². The summed E-state index contributed by atoms with van der Waals surface area (Å²) in [4.78, 5) is 9.55. The summed E-state index contributed by atoms with van der Waals surface area (Å²) in [6.45, 7) is 9.97. The molecule has 1 aromatic rings. The normalized spacial score (nSPS) is 18.9. The van der Waals surface area contributed by atoms with Gasteiger partial charge in [-0.15, -0.1) is 11.8 Å². The van der Waals surface area contributed by atoms with Crippen LogP contribution in [0.5, 0.6) is 0 Å². The Kier molecular flexibility index (Phi) is 5.08. The topological polar surface area (TPSA) is 37.8 Å². The van der Waals surface area contributed by atoms with Crippen LogP contribution in [0.2, 0.25) is 0 Å². The molecule has 1 atom stereocenters. The molecule has 1 aliphatic carbocycles. The summed E-state index contributed by atoms with van der Waals surface area (Å²) in [5.74, 6) is 2.66. The third-order valence-electron chi connectivity index (χ3n) is 3.76. The van der Waals surface area contributed by atoms with E-state index in [1.54, 1.807) is 0 Å². The highest BCUT2D eigenvalue weighted by molar-refractivity contribution is 7.99. The van der Waals surface area contributed by atoms with E-state index in [0.29, 0.717) is 0 Å². The lowest BCUT2D eigenvalue weighted by Crippen LogP contribution is -2.26. The minimum Gasteiger partial charge on any atom is -0.319 e. The SMILES string of the molecule is CNCC1CCc2nc(CSC(C)(C)C)nc(C)c2C1. The van der Waals surface area contributed by atoms with Crippen molar-refractivity contribution in [3.05, 3.63) is 22.8 Å². The smallest absolute Gasteiger partial charge is 0.138 e. The van der Waals surface area contributed by atoms with E-state index in [0.717, 1.165) is 36.9 Å². The monoisotopic (exact) mass is 293 g/mol. The summed E-state index contributed by atoms with van der Waals surface area (Å²) in [6.07, 6.45) is 3.49. The Morgan fingerprint density at radius 3 is 2.70 bits per heavy atom. The Bertz CT molecular complexity index is 466. The highest BCUT2D eigenvalue weighted by Crippen LogP contribution is 2.29. The highest BCUT2D eigenvalue weighted by atomic mass is 32.2. The van der Waals surface area contributed by atoms with E-state index in [9.17, 15) is 0 Å².